The van der Waals surface area contributed by atoms with E-state index in [0.717, 1.165) is 4.47 Å². The summed E-state index contributed by atoms with van der Waals surface area (Å²) < 4.78 is 29.8. The molecule has 0 fully saturated rings. The lowest BCUT2D eigenvalue weighted by Gasteiger charge is -2.15. The first kappa shape index (κ1) is 19.4. The van der Waals surface area contributed by atoms with Crippen LogP contribution in [-0.2, 0) is 19.6 Å². The number of urea groups is 1. The Bertz CT molecular complexity index is 603. The standard InChI is InChI=1S/C14H23N3O5S/c1-11(9-10-21-3)15-14(18)16-12-5-7-13(8-6-12)23(19,20)17(2)22-4/h5-8,11H,9-10H2,1-4H3,(H2,15,16,18)/t11-/m0/s1. The van der Waals surface area contributed by atoms with E-state index in [4.69, 9.17) is 9.57 Å². The van der Waals surface area contributed by atoms with Gasteiger partial charge in [-0.1, -0.05) is 4.47 Å². The van der Waals surface area contributed by atoms with E-state index in [-0.39, 0.29) is 17.0 Å². The van der Waals surface area contributed by atoms with Crippen LogP contribution in [0.2, 0.25) is 0 Å². The molecule has 0 aliphatic heterocycles. The average molecular weight is 345 g/mol. The van der Waals surface area contributed by atoms with Crippen LogP contribution >= 0.6 is 0 Å². The zero-order chi connectivity index (χ0) is 17.5. The summed E-state index contributed by atoms with van der Waals surface area (Å²) in [7, 11) is 0.474. The molecule has 8 nitrogen and oxygen atoms in total. The predicted molar refractivity (Wildman–Crippen MR) is 86.5 cm³/mol. The van der Waals surface area contributed by atoms with Crippen molar-refractivity contribution < 1.29 is 22.8 Å². The molecule has 0 aromatic heterocycles. The minimum absolute atomic E-state index is 0.0371. The highest BCUT2D eigenvalue weighted by atomic mass is 32.2. The topological polar surface area (TPSA) is 97.0 Å². The van der Waals surface area contributed by atoms with E-state index >= 15 is 0 Å². The van der Waals surface area contributed by atoms with Gasteiger partial charge in [0.2, 0.25) is 0 Å². The van der Waals surface area contributed by atoms with Gasteiger partial charge in [0.15, 0.2) is 0 Å². The number of hydrogen-bond donors (Lipinski definition) is 2. The molecule has 23 heavy (non-hydrogen) atoms. The molecule has 1 aromatic rings. The fraction of sp³-hybridized carbons (Fsp3) is 0.500. The number of sulfonamides is 1. The van der Waals surface area contributed by atoms with E-state index in [1.165, 1.54) is 38.4 Å². The van der Waals surface area contributed by atoms with E-state index < -0.39 is 10.0 Å². The summed E-state index contributed by atoms with van der Waals surface area (Å²) in [5.41, 5.74) is 0.487. The van der Waals surface area contributed by atoms with Gasteiger partial charge in [-0.15, -0.1) is 0 Å². The molecule has 0 aliphatic carbocycles. The van der Waals surface area contributed by atoms with Crippen LogP contribution in [0.5, 0.6) is 0 Å². The third-order valence-electron chi connectivity index (χ3n) is 3.14. The van der Waals surface area contributed by atoms with Crippen molar-refractivity contribution in [3.8, 4) is 0 Å². The van der Waals surface area contributed by atoms with E-state index in [9.17, 15) is 13.2 Å². The summed E-state index contributed by atoms with van der Waals surface area (Å²) in [4.78, 5) is 16.6. The van der Waals surface area contributed by atoms with Gasteiger partial charge in [0.25, 0.3) is 10.0 Å². The molecule has 0 spiro atoms. The number of carbonyl (C=O) groups is 1. The molecule has 2 N–H and O–H groups in total. The van der Waals surface area contributed by atoms with Crippen molar-refractivity contribution in [3.05, 3.63) is 24.3 Å². The lowest BCUT2D eigenvalue weighted by Crippen LogP contribution is -2.36. The second kappa shape index (κ2) is 8.82. The summed E-state index contributed by atoms with van der Waals surface area (Å²) in [5, 5.41) is 5.40. The highest BCUT2D eigenvalue weighted by molar-refractivity contribution is 7.89. The normalized spacial score (nSPS) is 12.9. The molecule has 9 heteroatoms. The third kappa shape index (κ3) is 5.79. The summed E-state index contributed by atoms with van der Waals surface area (Å²) in [6.07, 6.45) is 0.699. The Balaban J connectivity index is 2.66. The molecule has 0 saturated heterocycles. The number of anilines is 1. The van der Waals surface area contributed by atoms with Crippen LogP contribution in [0.3, 0.4) is 0 Å². The summed E-state index contributed by atoms with van der Waals surface area (Å²) in [5.74, 6) is 0. The van der Waals surface area contributed by atoms with Crippen LogP contribution in [0.25, 0.3) is 0 Å². The first-order chi connectivity index (χ1) is 10.8. The Hall–Kier alpha value is -1.68. The molecule has 130 valence electrons. The van der Waals surface area contributed by atoms with E-state index in [0.29, 0.717) is 18.7 Å². The molecule has 1 rings (SSSR count). The molecule has 0 aliphatic rings. The van der Waals surface area contributed by atoms with Gasteiger partial charge in [-0.3, -0.25) is 4.84 Å². The largest absolute Gasteiger partial charge is 0.385 e. The van der Waals surface area contributed by atoms with Gasteiger partial charge >= 0.3 is 6.03 Å². The first-order valence-electron chi connectivity index (χ1n) is 7.00. The zero-order valence-corrected chi connectivity index (χ0v) is 14.5. The number of hydrogen-bond acceptors (Lipinski definition) is 5. The van der Waals surface area contributed by atoms with Crippen LogP contribution in [0, 0.1) is 0 Å². The molecule has 1 aromatic carbocycles. The van der Waals surface area contributed by atoms with Crippen LogP contribution in [0.15, 0.2) is 29.2 Å². The summed E-state index contributed by atoms with van der Waals surface area (Å²) in [6.45, 7) is 2.43. The summed E-state index contributed by atoms with van der Waals surface area (Å²) in [6, 6.07) is 5.41. The predicted octanol–water partition coefficient (Wildman–Crippen LogP) is 1.41. The lowest BCUT2D eigenvalue weighted by molar-refractivity contribution is -0.0258. The van der Waals surface area contributed by atoms with E-state index in [1.54, 1.807) is 7.11 Å². The number of ether oxygens (including phenoxy) is 1. The van der Waals surface area contributed by atoms with Gasteiger partial charge < -0.3 is 15.4 Å². The van der Waals surface area contributed by atoms with Gasteiger partial charge in [-0.05, 0) is 37.6 Å². The average Bonchev–Trinajstić information content (AvgIpc) is 2.52. The molecular weight excluding hydrogens is 322 g/mol. The van der Waals surface area contributed by atoms with Crippen LogP contribution < -0.4 is 10.6 Å². The van der Waals surface area contributed by atoms with E-state index in [2.05, 4.69) is 10.6 Å². The Morgan fingerprint density at radius 2 is 1.87 bits per heavy atom. The number of amides is 2. The monoisotopic (exact) mass is 345 g/mol. The highest BCUT2D eigenvalue weighted by Gasteiger charge is 2.20. The molecule has 2 amide bonds. The van der Waals surface area contributed by atoms with Crippen molar-refractivity contribution >= 4 is 21.7 Å². The number of rotatable bonds is 8. The molecule has 0 bridgehead atoms. The minimum atomic E-state index is -3.69. The van der Waals surface area contributed by atoms with Crippen molar-refractivity contribution in [1.29, 1.82) is 0 Å². The molecular formula is C14H23N3O5S. The molecule has 0 heterocycles. The van der Waals surface area contributed by atoms with Crippen molar-refractivity contribution in [2.75, 3.05) is 33.2 Å². The second-order valence-electron chi connectivity index (χ2n) is 4.90. The van der Waals surface area contributed by atoms with Gasteiger partial charge in [-0.2, -0.15) is 0 Å². The van der Waals surface area contributed by atoms with Gasteiger partial charge in [0.1, 0.15) is 0 Å². The highest BCUT2D eigenvalue weighted by Crippen LogP contribution is 2.17. The Labute approximate surface area is 136 Å². The number of benzene rings is 1. The fourth-order valence-corrected chi connectivity index (χ4v) is 2.69. The number of methoxy groups -OCH3 is 1. The number of nitrogens with one attached hydrogen (secondary N) is 2. The maximum absolute atomic E-state index is 12.0. The number of carbonyl (C=O) groups excluding carboxylic acids is 1. The zero-order valence-electron chi connectivity index (χ0n) is 13.7. The van der Waals surface area contributed by atoms with Gasteiger partial charge in [-0.25, -0.2) is 13.2 Å². The smallest absolute Gasteiger partial charge is 0.319 e. The second-order valence-corrected chi connectivity index (χ2v) is 6.84. The van der Waals surface area contributed by atoms with E-state index in [1.807, 2.05) is 6.92 Å². The molecule has 0 saturated carbocycles. The third-order valence-corrected chi connectivity index (χ3v) is 4.83. The number of nitrogens with zero attached hydrogens (tertiary/aromatic N) is 1. The van der Waals surface area contributed by atoms with Crippen molar-refractivity contribution in [2.24, 2.45) is 0 Å². The van der Waals surface area contributed by atoms with Crippen LogP contribution in [0.4, 0.5) is 10.5 Å². The SMILES string of the molecule is COCC[C@H](C)NC(=O)Nc1ccc(S(=O)(=O)N(C)OC)cc1. The molecule has 0 radical (unpaired) electrons. The van der Waals surface area contributed by atoms with Crippen molar-refractivity contribution in [3.63, 3.8) is 0 Å². The fourth-order valence-electron chi connectivity index (χ4n) is 1.71. The van der Waals surface area contributed by atoms with Crippen molar-refractivity contribution in [2.45, 2.75) is 24.3 Å². The van der Waals surface area contributed by atoms with Gasteiger partial charge in [0, 0.05) is 32.5 Å². The van der Waals surface area contributed by atoms with Gasteiger partial charge in [0.05, 0.1) is 12.0 Å². The quantitative estimate of drug-likeness (QED) is 0.695. The first-order valence-corrected chi connectivity index (χ1v) is 8.44. The Morgan fingerprint density at radius 3 is 2.39 bits per heavy atom. The molecule has 1 atom stereocenters. The molecule has 0 unspecified atom stereocenters. The minimum Gasteiger partial charge on any atom is -0.385 e. The maximum Gasteiger partial charge on any atom is 0.319 e. The Morgan fingerprint density at radius 1 is 1.26 bits per heavy atom. The maximum atomic E-state index is 12.0. The van der Waals surface area contributed by atoms with Crippen LogP contribution in [-0.4, -0.2) is 52.8 Å². The van der Waals surface area contributed by atoms with Crippen LogP contribution in [0.1, 0.15) is 13.3 Å². The summed E-state index contributed by atoms with van der Waals surface area (Å²) >= 11 is 0. The number of hydroxylamine groups is 1. The lowest BCUT2D eigenvalue weighted by atomic mass is 10.2. The Kier molecular flexibility index (Phi) is 7.43. The van der Waals surface area contributed by atoms with Crippen molar-refractivity contribution in [1.82, 2.24) is 9.79 Å².